The molecule has 2 aliphatic heterocycles. The van der Waals surface area contributed by atoms with E-state index in [9.17, 15) is 4.79 Å². The molecule has 2 amide bonds. The molecule has 7 heteroatoms. The van der Waals surface area contributed by atoms with Crippen LogP contribution >= 0.6 is 23.4 Å². The number of amides is 2. The van der Waals surface area contributed by atoms with E-state index in [1.54, 1.807) is 11.8 Å². The molecule has 1 saturated heterocycles. The normalized spacial score (nSPS) is 17.6. The number of rotatable bonds is 4. The molecule has 0 radical (unpaired) electrons. The molecule has 5 nitrogen and oxygen atoms in total. The van der Waals surface area contributed by atoms with E-state index >= 15 is 0 Å². The Bertz CT molecular complexity index is 951. The van der Waals surface area contributed by atoms with Crippen molar-refractivity contribution >= 4 is 40.1 Å². The Morgan fingerprint density at radius 1 is 1.10 bits per heavy atom. The van der Waals surface area contributed by atoms with Crippen molar-refractivity contribution in [2.24, 2.45) is 9.98 Å². The van der Waals surface area contributed by atoms with Crippen LogP contribution in [0.2, 0.25) is 5.02 Å². The summed E-state index contributed by atoms with van der Waals surface area (Å²) in [4.78, 5) is 24.5. The minimum absolute atomic E-state index is 0.0271. The van der Waals surface area contributed by atoms with E-state index < -0.39 is 5.66 Å². The molecule has 0 saturated carbocycles. The number of aliphatic imine (C=N–C) groups is 2. The Kier molecular flexibility index (Phi) is 6.44. The molecule has 2 aromatic rings. The highest BCUT2D eigenvalue weighted by atomic mass is 35.5. The van der Waals surface area contributed by atoms with Crippen LogP contribution in [0.15, 0.2) is 64.6 Å². The summed E-state index contributed by atoms with van der Waals surface area (Å²) >= 11 is 7.77. The number of carbonyl (C=O) groups excluding carboxylic acids is 1. The number of nitrogens with zero attached hydrogens (tertiary/aromatic N) is 3. The highest BCUT2D eigenvalue weighted by molar-refractivity contribution is 8.15. The van der Waals surface area contributed by atoms with Crippen LogP contribution in [-0.2, 0) is 6.54 Å². The smallest absolute Gasteiger partial charge is 0.317 e. The first kappa shape index (κ1) is 20.9. The summed E-state index contributed by atoms with van der Waals surface area (Å²) in [6.07, 6.45) is 1.47. The molecular weight excluding hydrogens is 416 g/mol. The molecule has 0 bridgehead atoms. The second-order valence-electron chi connectivity index (χ2n) is 7.43. The summed E-state index contributed by atoms with van der Waals surface area (Å²) in [6.45, 7) is 3.95. The Labute approximate surface area is 186 Å². The van der Waals surface area contributed by atoms with Crippen LogP contribution < -0.4 is 5.32 Å². The molecule has 4 rings (SSSR count). The lowest BCUT2D eigenvalue weighted by molar-refractivity contribution is 0.163. The fourth-order valence-electron chi connectivity index (χ4n) is 3.73. The van der Waals surface area contributed by atoms with Crippen LogP contribution in [0.5, 0.6) is 0 Å². The number of piperidine rings is 1. The van der Waals surface area contributed by atoms with Gasteiger partial charge in [0.15, 0.2) is 5.66 Å². The molecule has 156 valence electrons. The average molecular weight is 441 g/mol. The molecular formula is C23H25ClN4OS. The zero-order chi connectivity index (χ0) is 21.0. The van der Waals surface area contributed by atoms with Gasteiger partial charge in [-0.2, -0.15) is 0 Å². The minimum Gasteiger partial charge on any atom is -0.334 e. The van der Waals surface area contributed by atoms with Crippen molar-refractivity contribution in [1.82, 2.24) is 10.2 Å². The number of likely N-dealkylation sites (tertiary alicyclic amines) is 1. The zero-order valence-corrected chi connectivity index (χ0v) is 18.5. The monoisotopic (exact) mass is 440 g/mol. The van der Waals surface area contributed by atoms with Crippen molar-refractivity contribution < 1.29 is 4.79 Å². The second-order valence-corrected chi connectivity index (χ2v) is 9.12. The van der Waals surface area contributed by atoms with Gasteiger partial charge in [-0.25, -0.2) is 9.79 Å². The zero-order valence-electron chi connectivity index (χ0n) is 17.0. The van der Waals surface area contributed by atoms with Gasteiger partial charge < -0.3 is 10.2 Å². The average Bonchev–Trinajstić information content (AvgIpc) is 3.12. The summed E-state index contributed by atoms with van der Waals surface area (Å²) in [5, 5.41) is 4.71. The van der Waals surface area contributed by atoms with E-state index in [2.05, 4.69) is 12.2 Å². The topological polar surface area (TPSA) is 57.1 Å². The van der Waals surface area contributed by atoms with Crippen LogP contribution in [0.1, 0.15) is 30.9 Å². The number of urea groups is 1. The molecule has 2 heterocycles. The number of carbonyl (C=O) groups is 1. The van der Waals surface area contributed by atoms with Gasteiger partial charge in [-0.3, -0.25) is 4.99 Å². The maximum Gasteiger partial charge on any atom is 0.317 e. The van der Waals surface area contributed by atoms with E-state index in [1.165, 1.54) is 0 Å². The summed E-state index contributed by atoms with van der Waals surface area (Å²) in [5.74, 6) is 0.940. The second kappa shape index (κ2) is 9.23. The van der Waals surface area contributed by atoms with Crippen LogP contribution in [0.4, 0.5) is 4.79 Å². The van der Waals surface area contributed by atoms with E-state index in [0.29, 0.717) is 24.7 Å². The molecule has 2 aromatic carbocycles. The predicted molar refractivity (Wildman–Crippen MR) is 126 cm³/mol. The highest BCUT2D eigenvalue weighted by Gasteiger charge is 2.40. The van der Waals surface area contributed by atoms with Crippen molar-refractivity contribution in [3.63, 3.8) is 0 Å². The maximum absolute atomic E-state index is 12.6. The van der Waals surface area contributed by atoms with Crippen molar-refractivity contribution in [3.8, 4) is 0 Å². The van der Waals surface area contributed by atoms with Gasteiger partial charge in [-0.15, -0.1) is 11.8 Å². The molecule has 2 aliphatic rings. The maximum atomic E-state index is 12.6. The van der Waals surface area contributed by atoms with Gasteiger partial charge in [0, 0.05) is 43.1 Å². The van der Waals surface area contributed by atoms with Gasteiger partial charge in [-0.1, -0.05) is 61.0 Å². The third-order valence-electron chi connectivity index (χ3n) is 5.37. The Morgan fingerprint density at radius 3 is 2.47 bits per heavy atom. The number of halogens is 1. The quantitative estimate of drug-likeness (QED) is 0.727. The van der Waals surface area contributed by atoms with Gasteiger partial charge in [0.2, 0.25) is 0 Å². The number of thioether (sulfide) groups is 1. The Morgan fingerprint density at radius 2 is 1.80 bits per heavy atom. The fourth-order valence-corrected chi connectivity index (χ4v) is 4.67. The minimum atomic E-state index is -0.456. The van der Waals surface area contributed by atoms with Crippen molar-refractivity contribution in [2.45, 2.75) is 32.0 Å². The van der Waals surface area contributed by atoms with Gasteiger partial charge in [0.05, 0.1) is 5.71 Å². The molecule has 1 spiro atoms. The third-order valence-corrected chi connectivity index (χ3v) is 6.47. The largest absolute Gasteiger partial charge is 0.334 e. The van der Waals surface area contributed by atoms with Gasteiger partial charge >= 0.3 is 6.03 Å². The van der Waals surface area contributed by atoms with E-state index in [4.69, 9.17) is 21.6 Å². The van der Waals surface area contributed by atoms with Crippen LogP contribution in [0.25, 0.3) is 0 Å². The van der Waals surface area contributed by atoms with E-state index in [-0.39, 0.29) is 6.03 Å². The Balaban J connectivity index is 1.42. The molecule has 0 aromatic heterocycles. The van der Waals surface area contributed by atoms with Crippen molar-refractivity contribution in [1.29, 1.82) is 0 Å². The molecule has 30 heavy (non-hydrogen) atoms. The third kappa shape index (κ3) is 4.71. The lowest BCUT2D eigenvalue weighted by Crippen LogP contribution is -2.48. The van der Waals surface area contributed by atoms with Crippen molar-refractivity contribution in [2.75, 3.05) is 18.8 Å². The summed E-state index contributed by atoms with van der Waals surface area (Å²) < 4.78 is 0. The number of hydrogen-bond donors (Lipinski definition) is 1. The fraction of sp³-hybridized carbons (Fsp3) is 0.348. The molecule has 0 atom stereocenters. The van der Waals surface area contributed by atoms with Crippen LogP contribution in [0, 0.1) is 0 Å². The predicted octanol–water partition coefficient (Wildman–Crippen LogP) is 5.00. The first-order valence-corrected chi connectivity index (χ1v) is 11.6. The molecule has 1 fully saturated rings. The molecule has 0 aliphatic carbocycles. The lowest BCUT2D eigenvalue weighted by atomic mass is 9.98. The van der Waals surface area contributed by atoms with Crippen molar-refractivity contribution in [3.05, 3.63) is 70.7 Å². The number of benzene rings is 2. The van der Waals surface area contributed by atoms with Gasteiger partial charge in [0.1, 0.15) is 5.04 Å². The highest BCUT2D eigenvalue weighted by Crippen LogP contribution is 2.35. The van der Waals surface area contributed by atoms with Gasteiger partial charge in [0.25, 0.3) is 0 Å². The molecule has 0 unspecified atom stereocenters. The summed E-state index contributed by atoms with van der Waals surface area (Å²) in [7, 11) is 0. The SMILES string of the molecule is CCSC1=NC2(CCN(C(=O)NCc3ccccc3)CC2)N=C1c1ccc(Cl)cc1. The van der Waals surface area contributed by atoms with Crippen LogP contribution in [0.3, 0.4) is 0 Å². The summed E-state index contributed by atoms with van der Waals surface area (Å²) in [5.41, 5.74) is 2.63. The standard InChI is InChI=1S/C23H25ClN4OS/c1-2-30-21-20(18-8-10-19(24)11-9-18)26-23(27-21)12-14-28(15-13-23)22(29)25-16-17-6-4-3-5-7-17/h3-11H,2,12-16H2,1H3,(H,25,29). The first-order chi connectivity index (χ1) is 14.6. The van der Waals surface area contributed by atoms with E-state index in [0.717, 1.165) is 40.5 Å². The van der Waals surface area contributed by atoms with E-state index in [1.807, 2.05) is 59.5 Å². The number of nitrogens with one attached hydrogen (secondary N) is 1. The first-order valence-electron chi connectivity index (χ1n) is 10.2. The number of hydrogen-bond acceptors (Lipinski definition) is 4. The lowest BCUT2D eigenvalue weighted by Gasteiger charge is -2.35. The summed E-state index contributed by atoms with van der Waals surface area (Å²) in [6, 6.07) is 17.7. The Hall–Kier alpha value is -2.31. The van der Waals surface area contributed by atoms with Gasteiger partial charge in [-0.05, 0) is 23.4 Å². The molecule has 1 N–H and O–H groups in total. The van der Waals surface area contributed by atoms with Crippen LogP contribution in [-0.4, -0.2) is 46.2 Å².